The number of esters is 1. The Morgan fingerprint density at radius 2 is 1.67 bits per heavy atom. The molecular formula is C19H20FNO3. The molecule has 2 rings (SSSR count). The lowest BCUT2D eigenvalue weighted by molar-refractivity contribution is -0.153. The number of hydrogen-bond acceptors (Lipinski definition) is 3. The van der Waals surface area contributed by atoms with Crippen molar-refractivity contribution < 1.29 is 18.7 Å². The molecule has 0 aliphatic heterocycles. The Morgan fingerprint density at radius 3 is 2.29 bits per heavy atom. The van der Waals surface area contributed by atoms with Crippen molar-refractivity contribution in [3.63, 3.8) is 0 Å². The average Bonchev–Trinajstić information content (AvgIpc) is 2.57. The maximum absolute atomic E-state index is 12.8. The monoisotopic (exact) mass is 329 g/mol. The summed E-state index contributed by atoms with van der Waals surface area (Å²) < 4.78 is 18.0. The van der Waals surface area contributed by atoms with E-state index in [-0.39, 0.29) is 18.2 Å². The van der Waals surface area contributed by atoms with Crippen LogP contribution in [0.4, 0.5) is 10.1 Å². The molecule has 0 saturated carbocycles. The highest BCUT2D eigenvalue weighted by atomic mass is 19.1. The third-order valence-corrected chi connectivity index (χ3v) is 3.63. The van der Waals surface area contributed by atoms with E-state index in [9.17, 15) is 14.0 Å². The molecule has 0 aromatic heterocycles. The Morgan fingerprint density at radius 1 is 1.04 bits per heavy atom. The van der Waals surface area contributed by atoms with Gasteiger partial charge in [-0.05, 0) is 42.7 Å². The lowest BCUT2D eigenvalue weighted by Crippen LogP contribution is -2.30. The fourth-order valence-electron chi connectivity index (χ4n) is 2.23. The zero-order chi connectivity index (χ0) is 17.5. The third-order valence-electron chi connectivity index (χ3n) is 3.63. The van der Waals surface area contributed by atoms with E-state index in [0.29, 0.717) is 5.69 Å². The maximum Gasteiger partial charge on any atom is 0.307 e. The van der Waals surface area contributed by atoms with Crippen LogP contribution >= 0.6 is 0 Å². The van der Waals surface area contributed by atoms with Gasteiger partial charge in [-0.1, -0.05) is 37.3 Å². The van der Waals surface area contributed by atoms with Crippen molar-refractivity contribution >= 4 is 17.6 Å². The smallest absolute Gasteiger partial charge is 0.307 e. The van der Waals surface area contributed by atoms with E-state index in [4.69, 9.17) is 4.74 Å². The van der Waals surface area contributed by atoms with E-state index in [0.717, 1.165) is 5.56 Å². The molecule has 4 nitrogen and oxygen atoms in total. The van der Waals surface area contributed by atoms with E-state index in [1.54, 1.807) is 0 Å². The van der Waals surface area contributed by atoms with Crippen molar-refractivity contribution in [2.45, 2.75) is 32.3 Å². The van der Waals surface area contributed by atoms with Gasteiger partial charge < -0.3 is 10.1 Å². The molecule has 0 bridgehead atoms. The highest BCUT2D eigenvalue weighted by Crippen LogP contribution is 2.19. The molecule has 5 heteroatoms. The number of carbonyl (C=O) groups is 2. The minimum absolute atomic E-state index is 0.00561. The number of ether oxygens (including phenoxy) is 1. The molecule has 2 aromatic rings. The Labute approximate surface area is 140 Å². The number of rotatable bonds is 6. The molecule has 0 radical (unpaired) electrons. The second kappa shape index (κ2) is 8.24. The van der Waals surface area contributed by atoms with Gasteiger partial charge in [0.25, 0.3) is 5.91 Å². The van der Waals surface area contributed by atoms with Gasteiger partial charge in [0, 0.05) is 5.69 Å². The predicted molar refractivity (Wildman–Crippen MR) is 90.1 cm³/mol. The molecule has 0 spiro atoms. The van der Waals surface area contributed by atoms with Crippen LogP contribution in [0.1, 0.15) is 31.7 Å². The van der Waals surface area contributed by atoms with Gasteiger partial charge in [0.15, 0.2) is 6.10 Å². The van der Waals surface area contributed by atoms with Crippen LogP contribution in [0, 0.1) is 5.82 Å². The summed E-state index contributed by atoms with van der Waals surface area (Å²) >= 11 is 0. The first kappa shape index (κ1) is 17.7. The molecule has 2 atom stereocenters. The van der Waals surface area contributed by atoms with Crippen LogP contribution in [0.5, 0.6) is 0 Å². The fraction of sp³-hybridized carbons (Fsp3) is 0.263. The van der Waals surface area contributed by atoms with E-state index in [2.05, 4.69) is 5.32 Å². The summed E-state index contributed by atoms with van der Waals surface area (Å²) in [5.41, 5.74) is 1.49. The molecular weight excluding hydrogens is 309 g/mol. The third kappa shape index (κ3) is 5.19. The largest absolute Gasteiger partial charge is 0.453 e. The van der Waals surface area contributed by atoms with Crippen molar-refractivity contribution in [2.24, 2.45) is 0 Å². The summed E-state index contributed by atoms with van der Waals surface area (Å²) in [5.74, 6) is -1.27. The average molecular weight is 329 g/mol. The van der Waals surface area contributed by atoms with Crippen LogP contribution in [-0.2, 0) is 14.3 Å². The number of amides is 1. The molecule has 0 heterocycles. The van der Waals surface area contributed by atoms with Crippen LogP contribution in [-0.4, -0.2) is 18.0 Å². The second-order valence-corrected chi connectivity index (χ2v) is 5.64. The summed E-state index contributed by atoms with van der Waals surface area (Å²) in [5, 5.41) is 2.58. The lowest BCUT2D eigenvalue weighted by atomic mass is 9.98. The number of carbonyl (C=O) groups excluding carboxylic acids is 2. The van der Waals surface area contributed by atoms with E-state index >= 15 is 0 Å². The quantitative estimate of drug-likeness (QED) is 0.818. The second-order valence-electron chi connectivity index (χ2n) is 5.64. The summed E-state index contributed by atoms with van der Waals surface area (Å²) in [7, 11) is 0. The first-order chi connectivity index (χ1) is 11.5. The van der Waals surface area contributed by atoms with E-state index in [1.165, 1.54) is 31.2 Å². The van der Waals surface area contributed by atoms with Crippen molar-refractivity contribution in [2.75, 3.05) is 5.32 Å². The first-order valence-corrected chi connectivity index (χ1v) is 7.76. The number of anilines is 1. The van der Waals surface area contributed by atoms with E-state index in [1.807, 2.05) is 37.3 Å². The highest BCUT2D eigenvalue weighted by molar-refractivity contribution is 5.95. The normalized spacial score (nSPS) is 13.0. The van der Waals surface area contributed by atoms with E-state index < -0.39 is 18.0 Å². The predicted octanol–water partition coefficient (Wildman–Crippen LogP) is 3.89. The van der Waals surface area contributed by atoms with Crippen molar-refractivity contribution in [1.29, 1.82) is 0 Å². The Hall–Kier alpha value is -2.69. The van der Waals surface area contributed by atoms with Crippen molar-refractivity contribution in [1.82, 2.24) is 0 Å². The van der Waals surface area contributed by atoms with Gasteiger partial charge >= 0.3 is 5.97 Å². The Bertz CT molecular complexity index is 686. The van der Waals surface area contributed by atoms with Gasteiger partial charge in [-0.25, -0.2) is 4.39 Å². The summed E-state index contributed by atoms with van der Waals surface area (Å²) in [6.07, 6.45) is -0.733. The van der Waals surface area contributed by atoms with Gasteiger partial charge in [0.05, 0.1) is 6.42 Å². The van der Waals surface area contributed by atoms with Gasteiger partial charge in [0.1, 0.15) is 5.82 Å². The molecule has 24 heavy (non-hydrogen) atoms. The molecule has 0 aliphatic carbocycles. The molecule has 1 N–H and O–H groups in total. The number of nitrogens with one attached hydrogen (secondary N) is 1. The standard InChI is InChI=1S/C19H20FNO3/c1-13(15-6-4-3-5-7-15)12-18(22)24-14(2)19(23)21-17-10-8-16(20)9-11-17/h3-11,13-14H,12H2,1-2H3,(H,21,23)/t13-,14-/m1/s1. The SMILES string of the molecule is C[C@H](CC(=O)O[C@H](C)C(=O)Nc1ccc(F)cc1)c1ccccc1. The molecule has 0 unspecified atom stereocenters. The molecule has 0 saturated heterocycles. The van der Waals surface area contributed by atoms with Crippen LogP contribution in [0.3, 0.4) is 0 Å². The van der Waals surface area contributed by atoms with Gasteiger partial charge in [-0.2, -0.15) is 0 Å². The van der Waals surface area contributed by atoms with Gasteiger partial charge in [-0.15, -0.1) is 0 Å². The topological polar surface area (TPSA) is 55.4 Å². The lowest BCUT2D eigenvalue weighted by Gasteiger charge is -2.16. The molecule has 126 valence electrons. The molecule has 0 fully saturated rings. The van der Waals surface area contributed by atoms with Crippen LogP contribution in [0.2, 0.25) is 0 Å². The zero-order valence-electron chi connectivity index (χ0n) is 13.7. The molecule has 0 aliphatic rings. The first-order valence-electron chi connectivity index (χ1n) is 7.76. The Kier molecular flexibility index (Phi) is 6.07. The van der Waals surface area contributed by atoms with Gasteiger partial charge in [0.2, 0.25) is 0 Å². The minimum Gasteiger partial charge on any atom is -0.453 e. The Balaban J connectivity index is 1.84. The van der Waals surface area contributed by atoms with Crippen LogP contribution in [0.15, 0.2) is 54.6 Å². The summed E-state index contributed by atoms with van der Waals surface area (Å²) in [4.78, 5) is 24.0. The maximum atomic E-state index is 12.8. The van der Waals surface area contributed by atoms with Crippen molar-refractivity contribution in [3.8, 4) is 0 Å². The summed E-state index contributed by atoms with van der Waals surface area (Å²) in [6, 6.07) is 15.0. The molecule has 2 aromatic carbocycles. The minimum atomic E-state index is -0.925. The summed E-state index contributed by atoms with van der Waals surface area (Å²) in [6.45, 7) is 3.43. The van der Waals surface area contributed by atoms with Crippen molar-refractivity contribution in [3.05, 3.63) is 66.0 Å². The highest BCUT2D eigenvalue weighted by Gasteiger charge is 2.20. The van der Waals surface area contributed by atoms with Crippen LogP contribution < -0.4 is 5.32 Å². The fourth-order valence-corrected chi connectivity index (χ4v) is 2.23. The van der Waals surface area contributed by atoms with Gasteiger partial charge in [-0.3, -0.25) is 9.59 Å². The number of halogens is 1. The zero-order valence-corrected chi connectivity index (χ0v) is 13.7. The molecule has 1 amide bonds. The number of hydrogen-bond donors (Lipinski definition) is 1. The van der Waals surface area contributed by atoms with Crippen LogP contribution in [0.25, 0.3) is 0 Å². The number of benzene rings is 2.